The van der Waals surface area contributed by atoms with Crippen molar-refractivity contribution >= 4 is 22.8 Å². The smallest absolute Gasteiger partial charge is 0.697 e. The van der Waals surface area contributed by atoms with Crippen LogP contribution in [0.1, 0.15) is 39.1 Å². The molecule has 1 aromatic carbocycles. The molecule has 0 atom stereocenters. The van der Waals surface area contributed by atoms with Crippen LogP contribution >= 0.6 is 0 Å². The van der Waals surface area contributed by atoms with Gasteiger partial charge in [0.1, 0.15) is 0 Å². The Morgan fingerprint density at radius 3 is 1.37 bits per heavy atom. The van der Waals surface area contributed by atoms with E-state index < -0.39 is 0 Å². The maximum Gasteiger partial charge on any atom is 2.00 e. The summed E-state index contributed by atoms with van der Waals surface area (Å²) in [6, 6.07) is 18.9. The van der Waals surface area contributed by atoms with Crippen molar-refractivity contribution in [3.05, 3.63) is 95.7 Å². The minimum atomic E-state index is 0. The zero-order valence-electron chi connectivity index (χ0n) is 20.3. The first-order valence-corrected chi connectivity index (χ1v) is 11.3. The molecular weight excluding hydrogens is 615 g/mol. The van der Waals surface area contributed by atoms with E-state index in [4.69, 9.17) is 32.3 Å². The molecule has 0 saturated carbocycles. The van der Waals surface area contributed by atoms with Crippen LogP contribution < -0.4 is 0 Å². The minimum Gasteiger partial charge on any atom is -0.697 e. The van der Waals surface area contributed by atoms with Crippen LogP contribution in [0.15, 0.2) is 72.8 Å². The Hall–Kier alpha value is -3.37. The summed E-state index contributed by atoms with van der Waals surface area (Å²) in [7, 11) is 0. The molecule has 3 aromatic rings. The summed E-state index contributed by atoms with van der Waals surface area (Å²) in [6.07, 6.45) is 3.09. The molecule has 0 aliphatic carbocycles. The molecule has 0 amide bonds. The van der Waals surface area contributed by atoms with E-state index in [0.29, 0.717) is 34.2 Å². The van der Waals surface area contributed by atoms with E-state index in [9.17, 15) is 0 Å². The Kier molecular flexibility index (Phi) is 9.85. The van der Waals surface area contributed by atoms with E-state index >= 15 is 0 Å². The van der Waals surface area contributed by atoms with Crippen molar-refractivity contribution in [3.63, 3.8) is 0 Å². The molecule has 0 aliphatic heterocycles. The number of aromatic nitrogens is 2. The number of pyridine rings is 2. The van der Waals surface area contributed by atoms with Gasteiger partial charge in [0, 0.05) is 33.9 Å². The van der Waals surface area contributed by atoms with Gasteiger partial charge in [0.25, 0.3) is 0 Å². The van der Waals surface area contributed by atoms with E-state index in [2.05, 4.69) is 0 Å². The van der Waals surface area contributed by atoms with Crippen LogP contribution in [-0.4, -0.2) is 21.4 Å². The van der Waals surface area contributed by atoms with Gasteiger partial charge in [0.05, 0.1) is 11.4 Å². The molecule has 0 unspecified atom stereocenters. The maximum atomic E-state index is 8.38. The molecule has 6 nitrogen and oxygen atoms in total. The van der Waals surface area contributed by atoms with Crippen LogP contribution in [0.5, 0.6) is 0 Å². The van der Waals surface area contributed by atoms with E-state index in [0.717, 1.165) is 11.1 Å². The zero-order chi connectivity index (χ0) is 24.8. The normalized spacial score (nSPS) is 11.9. The molecule has 2 heterocycles. The summed E-state index contributed by atoms with van der Waals surface area (Å²) in [5, 5.41) is 16.1. The van der Waals surface area contributed by atoms with Gasteiger partial charge in [-0.2, -0.15) is 0 Å². The second kappa shape index (κ2) is 12.4. The molecule has 0 radical (unpaired) electrons. The first-order chi connectivity index (χ1) is 16.2. The standard InChI is InChI=1S/C28H30N6.Pt/c1-17(2)21(29)15-23(31)27-13-7-11-25(33-27)19-9-5-6-10-20(19)26-12-8-14-28(34-26)24(32)16-22(30)18(3)4;/h5-18,29-32H,1-4H3;/q-2;+2/b23-15-,24-16-,29-21?,30-22?;. The van der Waals surface area contributed by atoms with Crippen molar-refractivity contribution in [2.75, 3.05) is 0 Å². The molecule has 7 heteroatoms. The number of allylic oxidation sites excluding steroid dienone is 2. The second-order valence-electron chi connectivity index (χ2n) is 8.70. The second-order valence-corrected chi connectivity index (χ2v) is 8.70. The van der Waals surface area contributed by atoms with Gasteiger partial charge < -0.3 is 22.3 Å². The summed E-state index contributed by atoms with van der Waals surface area (Å²) in [6.45, 7) is 7.71. The molecule has 3 rings (SSSR count). The SMILES string of the molecule is CC(C)C(=N)/C=C(\[NH-])c1cccc(-c2ccccc2-c2cccc(/C([NH-])=C/C(=N)C(C)C)n2)n1.[Pt+2]. The number of nitrogens with zero attached hydrogens (tertiary/aromatic N) is 2. The molecule has 4 N–H and O–H groups in total. The average Bonchev–Trinajstić information content (AvgIpc) is 2.84. The van der Waals surface area contributed by atoms with Crippen LogP contribution in [0.2, 0.25) is 0 Å². The fourth-order valence-corrected chi connectivity index (χ4v) is 3.19. The first kappa shape index (κ1) is 27.9. The predicted molar refractivity (Wildman–Crippen MR) is 143 cm³/mol. The Labute approximate surface area is 221 Å². The molecule has 0 aliphatic rings. The van der Waals surface area contributed by atoms with Gasteiger partial charge in [-0.15, -0.1) is 11.4 Å². The maximum absolute atomic E-state index is 8.38. The van der Waals surface area contributed by atoms with Gasteiger partial charge in [-0.05, 0) is 36.1 Å². The molecule has 0 fully saturated rings. The molecule has 2 aromatic heterocycles. The number of hydrogen-bond acceptors (Lipinski definition) is 4. The summed E-state index contributed by atoms with van der Waals surface area (Å²) >= 11 is 0. The van der Waals surface area contributed by atoms with Crippen molar-refractivity contribution < 1.29 is 21.1 Å². The fraction of sp³-hybridized carbons (Fsp3) is 0.214. The summed E-state index contributed by atoms with van der Waals surface area (Å²) in [5.74, 6) is 0.0886. The number of benzene rings is 1. The monoisotopic (exact) mass is 645 g/mol. The topological polar surface area (TPSA) is 121 Å². The van der Waals surface area contributed by atoms with Crippen LogP contribution in [0.3, 0.4) is 0 Å². The van der Waals surface area contributed by atoms with Crippen molar-refractivity contribution in [2.24, 2.45) is 11.8 Å². The Morgan fingerprint density at radius 1 is 0.657 bits per heavy atom. The van der Waals surface area contributed by atoms with Crippen molar-refractivity contribution in [1.82, 2.24) is 9.97 Å². The summed E-state index contributed by atoms with van der Waals surface area (Å²) < 4.78 is 0. The van der Waals surface area contributed by atoms with E-state index in [1.807, 2.05) is 76.2 Å². The van der Waals surface area contributed by atoms with E-state index in [1.165, 1.54) is 0 Å². The third kappa shape index (κ3) is 7.06. The van der Waals surface area contributed by atoms with Crippen molar-refractivity contribution in [2.45, 2.75) is 27.7 Å². The van der Waals surface area contributed by atoms with Crippen LogP contribution in [-0.2, 0) is 21.1 Å². The number of hydrogen-bond donors (Lipinski definition) is 2. The van der Waals surface area contributed by atoms with E-state index in [1.54, 1.807) is 24.3 Å². The zero-order valence-corrected chi connectivity index (χ0v) is 22.6. The van der Waals surface area contributed by atoms with Crippen LogP contribution in [0, 0.1) is 22.7 Å². The van der Waals surface area contributed by atoms with Crippen LogP contribution in [0.4, 0.5) is 0 Å². The third-order valence-corrected chi connectivity index (χ3v) is 5.37. The third-order valence-electron chi connectivity index (χ3n) is 5.37. The van der Waals surface area contributed by atoms with Gasteiger partial charge in [-0.3, -0.25) is 0 Å². The van der Waals surface area contributed by atoms with Gasteiger partial charge in [0.15, 0.2) is 0 Å². The predicted octanol–water partition coefficient (Wildman–Crippen LogP) is 7.95. The van der Waals surface area contributed by atoms with Gasteiger partial charge >= 0.3 is 21.1 Å². The fourth-order valence-electron chi connectivity index (χ4n) is 3.19. The summed E-state index contributed by atoms with van der Waals surface area (Å²) in [5.41, 5.74) is 22.1. The van der Waals surface area contributed by atoms with Crippen molar-refractivity contribution in [1.29, 1.82) is 10.8 Å². The quantitative estimate of drug-likeness (QED) is 0.242. The minimum absolute atomic E-state index is 0. The molecule has 0 bridgehead atoms. The summed E-state index contributed by atoms with van der Waals surface area (Å²) in [4.78, 5) is 9.40. The molecular formula is C28H30N6Pt. The van der Waals surface area contributed by atoms with Gasteiger partial charge in [-0.1, -0.05) is 76.2 Å². The van der Waals surface area contributed by atoms with E-state index in [-0.39, 0.29) is 44.3 Å². The molecule has 0 spiro atoms. The van der Waals surface area contributed by atoms with Gasteiger partial charge in [0.2, 0.25) is 0 Å². The Bertz CT molecular complexity index is 1180. The molecule has 0 saturated heterocycles. The average molecular weight is 646 g/mol. The number of rotatable bonds is 8. The van der Waals surface area contributed by atoms with Crippen LogP contribution in [0.25, 0.3) is 45.4 Å². The Morgan fingerprint density at radius 2 is 1.03 bits per heavy atom. The molecule has 182 valence electrons. The Balaban J connectivity index is 0.00000432. The van der Waals surface area contributed by atoms with Crippen molar-refractivity contribution in [3.8, 4) is 22.5 Å². The largest absolute Gasteiger partial charge is 2.00 e. The first-order valence-electron chi connectivity index (χ1n) is 11.3. The molecule has 35 heavy (non-hydrogen) atoms. The number of nitrogens with one attached hydrogen (secondary N) is 4. The van der Waals surface area contributed by atoms with Gasteiger partial charge in [-0.25, -0.2) is 9.97 Å².